The lowest BCUT2D eigenvalue weighted by atomic mass is 9.87. The van der Waals surface area contributed by atoms with Crippen molar-refractivity contribution in [1.29, 1.82) is 0 Å². The first-order valence-corrected chi connectivity index (χ1v) is 10.6. The number of aliphatic carboxylic acids is 1. The number of benzene rings is 3. The summed E-state index contributed by atoms with van der Waals surface area (Å²) in [6, 6.07) is 22.6. The van der Waals surface area contributed by atoms with Gasteiger partial charge in [-0.05, 0) is 47.9 Å². The maximum Gasteiger partial charge on any atom is 0.326 e. The van der Waals surface area contributed by atoms with Crippen molar-refractivity contribution in [2.45, 2.75) is 32.0 Å². The van der Waals surface area contributed by atoms with Crippen LogP contribution < -0.4 is 10.1 Å². The highest BCUT2D eigenvalue weighted by Gasteiger charge is 2.53. The molecule has 3 aromatic carbocycles. The topological polar surface area (TPSA) is 95.9 Å². The second-order valence-corrected chi connectivity index (χ2v) is 7.94. The molecule has 2 unspecified atom stereocenters. The predicted molar refractivity (Wildman–Crippen MR) is 124 cm³/mol. The highest BCUT2D eigenvalue weighted by molar-refractivity contribution is 5.93. The smallest absolute Gasteiger partial charge is 0.326 e. The van der Waals surface area contributed by atoms with Gasteiger partial charge in [0.05, 0.1) is 0 Å². The number of anilines is 1. The summed E-state index contributed by atoms with van der Waals surface area (Å²) in [6.45, 7) is 2.95. The molecule has 2 amide bonds. The molecule has 1 saturated heterocycles. The quantitative estimate of drug-likeness (QED) is 0.535. The number of rotatable bonds is 7. The van der Waals surface area contributed by atoms with Crippen molar-refractivity contribution in [3.63, 3.8) is 0 Å². The number of ether oxygens (including phenoxy) is 1. The van der Waals surface area contributed by atoms with Crippen LogP contribution in [0.2, 0.25) is 0 Å². The molecule has 2 N–H and O–H groups in total. The Labute approximate surface area is 191 Å². The maximum absolute atomic E-state index is 12.8. The van der Waals surface area contributed by atoms with E-state index in [2.05, 4.69) is 5.32 Å². The van der Waals surface area contributed by atoms with Crippen molar-refractivity contribution >= 4 is 23.5 Å². The number of carbonyl (C=O) groups excluding carboxylic acids is 2. The fourth-order valence-corrected chi connectivity index (χ4v) is 3.98. The number of carboxylic acid groups (broad SMARTS) is 1. The number of hydrogen-bond donors (Lipinski definition) is 2. The Kier molecular flexibility index (Phi) is 6.13. The van der Waals surface area contributed by atoms with E-state index >= 15 is 0 Å². The van der Waals surface area contributed by atoms with Gasteiger partial charge in [-0.3, -0.25) is 9.59 Å². The molecule has 0 spiro atoms. The fraction of sp³-hybridized carbons (Fsp3) is 0.192. The number of nitrogens with one attached hydrogen (secondary N) is 1. The van der Waals surface area contributed by atoms with Crippen LogP contribution in [-0.2, 0) is 14.4 Å². The lowest BCUT2D eigenvalue weighted by molar-refractivity contribution is -0.175. The highest BCUT2D eigenvalue weighted by Crippen LogP contribution is 2.40. The number of likely N-dealkylation sites (tertiary alicyclic amines) is 1. The van der Waals surface area contributed by atoms with Gasteiger partial charge in [0.25, 0.3) is 5.91 Å². The minimum Gasteiger partial charge on any atom is -0.480 e. The third-order valence-corrected chi connectivity index (χ3v) is 5.63. The zero-order chi connectivity index (χ0) is 23.5. The van der Waals surface area contributed by atoms with Crippen LogP contribution in [0.4, 0.5) is 5.69 Å². The summed E-state index contributed by atoms with van der Waals surface area (Å²) in [5.41, 5.74) is 3.33. The van der Waals surface area contributed by atoms with Crippen LogP contribution in [0.1, 0.15) is 25.5 Å². The lowest BCUT2D eigenvalue weighted by Crippen LogP contribution is -2.65. The van der Waals surface area contributed by atoms with E-state index in [0.29, 0.717) is 11.4 Å². The molecule has 7 heteroatoms. The van der Waals surface area contributed by atoms with Gasteiger partial charge < -0.3 is 20.1 Å². The molecule has 1 aliphatic heterocycles. The molecule has 4 rings (SSSR count). The van der Waals surface area contributed by atoms with Crippen molar-refractivity contribution in [3.8, 4) is 16.9 Å². The van der Waals surface area contributed by atoms with Gasteiger partial charge in [-0.2, -0.15) is 0 Å². The molecule has 1 aliphatic rings. The molecule has 0 aliphatic carbocycles. The Balaban J connectivity index is 1.62. The molecule has 0 saturated carbocycles. The molecule has 1 heterocycles. The van der Waals surface area contributed by atoms with Gasteiger partial charge in [-0.1, -0.05) is 54.6 Å². The van der Waals surface area contributed by atoms with Crippen LogP contribution in [0.25, 0.3) is 11.1 Å². The minimum atomic E-state index is -1.07. The van der Waals surface area contributed by atoms with Gasteiger partial charge in [-0.15, -0.1) is 0 Å². The van der Waals surface area contributed by atoms with E-state index < -0.39 is 24.2 Å². The molecule has 3 aromatic rings. The summed E-state index contributed by atoms with van der Waals surface area (Å²) in [7, 11) is 0. The van der Waals surface area contributed by atoms with Crippen molar-refractivity contribution in [3.05, 3.63) is 84.4 Å². The summed E-state index contributed by atoms with van der Waals surface area (Å²) in [5, 5.41) is 12.3. The summed E-state index contributed by atoms with van der Waals surface area (Å²) >= 11 is 0. The van der Waals surface area contributed by atoms with Crippen molar-refractivity contribution in [1.82, 2.24) is 4.90 Å². The molecule has 168 valence electrons. The summed E-state index contributed by atoms with van der Waals surface area (Å²) < 4.78 is 5.93. The number of carbonyl (C=O) groups is 3. The van der Waals surface area contributed by atoms with E-state index in [4.69, 9.17) is 4.74 Å². The molecule has 7 nitrogen and oxygen atoms in total. The average Bonchev–Trinajstić information content (AvgIpc) is 2.81. The first kappa shape index (κ1) is 22.1. The first-order chi connectivity index (χ1) is 15.8. The van der Waals surface area contributed by atoms with E-state index in [9.17, 15) is 19.5 Å². The number of hydrogen-bond acceptors (Lipinski definition) is 4. The minimum absolute atomic E-state index is 0.144. The number of amides is 2. The highest BCUT2D eigenvalue weighted by atomic mass is 16.5. The van der Waals surface area contributed by atoms with Crippen molar-refractivity contribution in [2.75, 3.05) is 5.32 Å². The molecule has 33 heavy (non-hydrogen) atoms. The van der Waals surface area contributed by atoms with Crippen molar-refractivity contribution < 1.29 is 24.2 Å². The Hall–Kier alpha value is -4.13. The summed E-state index contributed by atoms with van der Waals surface area (Å²) in [5.74, 6) is -1.02. The van der Waals surface area contributed by atoms with Gasteiger partial charge in [0.15, 0.2) is 0 Å². The molecule has 1 fully saturated rings. The monoisotopic (exact) mass is 444 g/mol. The lowest BCUT2D eigenvalue weighted by Gasteiger charge is -2.48. The standard InChI is InChI=1S/C26H24N2O5/c1-16(26(31)32)28-23(24(25(28)30)33-22-9-4-3-5-10-22)19-13-11-18(12-14-19)20-7-6-8-21(15-20)27-17(2)29/h3-16,23-24H,1-2H3,(H,27,29)(H,31,32)/t16-,23?,24?/m0/s1. The van der Waals surface area contributed by atoms with Crippen LogP contribution in [0.5, 0.6) is 5.75 Å². The fourth-order valence-electron chi connectivity index (χ4n) is 3.98. The van der Waals surface area contributed by atoms with Gasteiger partial charge >= 0.3 is 5.97 Å². The molecule has 0 aromatic heterocycles. The number of β-lactam (4-membered cyclic amide) rings is 1. The number of nitrogens with zero attached hydrogens (tertiary/aromatic N) is 1. The second kappa shape index (κ2) is 9.16. The third kappa shape index (κ3) is 4.57. The molecule has 0 radical (unpaired) electrons. The van der Waals surface area contributed by atoms with Crippen LogP contribution in [0.3, 0.4) is 0 Å². The van der Waals surface area contributed by atoms with Gasteiger partial charge in [0.1, 0.15) is 17.8 Å². The Morgan fingerprint density at radius 3 is 2.30 bits per heavy atom. The SMILES string of the molecule is CC(=O)Nc1cccc(-c2ccc(C3C(Oc4ccccc4)C(=O)N3[C@@H](C)C(=O)O)cc2)c1. The molecule has 0 bridgehead atoms. The third-order valence-electron chi connectivity index (χ3n) is 5.63. The molecular weight excluding hydrogens is 420 g/mol. The second-order valence-electron chi connectivity index (χ2n) is 7.94. The largest absolute Gasteiger partial charge is 0.480 e. The van der Waals surface area contributed by atoms with Crippen LogP contribution in [-0.4, -0.2) is 39.9 Å². The Morgan fingerprint density at radius 1 is 0.970 bits per heavy atom. The van der Waals surface area contributed by atoms with Crippen LogP contribution in [0, 0.1) is 0 Å². The van der Waals surface area contributed by atoms with E-state index in [1.807, 2.05) is 66.7 Å². The van der Waals surface area contributed by atoms with Crippen LogP contribution >= 0.6 is 0 Å². The zero-order valence-corrected chi connectivity index (χ0v) is 18.3. The number of para-hydroxylation sites is 1. The zero-order valence-electron chi connectivity index (χ0n) is 18.3. The summed E-state index contributed by atoms with van der Waals surface area (Å²) in [6.07, 6.45) is -0.803. The van der Waals surface area contributed by atoms with E-state index in [1.165, 1.54) is 18.7 Å². The normalized spacial score (nSPS) is 18.2. The Bertz CT molecular complexity index is 1180. The van der Waals surface area contributed by atoms with Gasteiger partial charge in [-0.25, -0.2) is 4.79 Å². The number of carboxylic acids is 1. The average molecular weight is 444 g/mol. The molecule has 3 atom stereocenters. The van der Waals surface area contributed by atoms with Gasteiger partial charge in [0, 0.05) is 12.6 Å². The molecular formula is C26H24N2O5. The van der Waals surface area contributed by atoms with E-state index in [1.54, 1.807) is 12.1 Å². The first-order valence-electron chi connectivity index (χ1n) is 10.6. The van der Waals surface area contributed by atoms with E-state index in [-0.39, 0.29) is 11.8 Å². The summed E-state index contributed by atoms with van der Waals surface area (Å²) in [4.78, 5) is 37.1. The van der Waals surface area contributed by atoms with Crippen LogP contribution in [0.15, 0.2) is 78.9 Å². The Morgan fingerprint density at radius 2 is 1.67 bits per heavy atom. The predicted octanol–water partition coefficient (Wildman–Crippen LogP) is 4.12. The van der Waals surface area contributed by atoms with E-state index in [0.717, 1.165) is 16.7 Å². The maximum atomic E-state index is 12.8. The van der Waals surface area contributed by atoms with Crippen molar-refractivity contribution in [2.24, 2.45) is 0 Å². The van der Waals surface area contributed by atoms with Gasteiger partial charge in [0.2, 0.25) is 12.0 Å².